The minimum Gasteiger partial charge on any atom is -0.398 e. The highest BCUT2D eigenvalue weighted by molar-refractivity contribution is 5.95. The highest BCUT2D eigenvalue weighted by Crippen LogP contribution is 2.42. The highest BCUT2D eigenvalue weighted by atomic mass is 16.5. The van der Waals surface area contributed by atoms with Crippen molar-refractivity contribution >= 4 is 17.4 Å². The molecule has 1 atom stereocenters. The molecule has 1 aliphatic carbocycles. The summed E-state index contributed by atoms with van der Waals surface area (Å²) in [5, 5.41) is 4.25. The van der Waals surface area contributed by atoms with Gasteiger partial charge in [-0.1, -0.05) is 6.07 Å². The number of amides is 1. The molecule has 8 nitrogen and oxygen atoms in total. The van der Waals surface area contributed by atoms with Crippen molar-refractivity contribution < 1.29 is 9.53 Å². The van der Waals surface area contributed by atoms with E-state index in [-0.39, 0.29) is 12.0 Å². The minimum absolute atomic E-state index is 0.0250. The number of nitrogen functional groups attached to an aromatic ring is 1. The van der Waals surface area contributed by atoms with E-state index in [0.717, 1.165) is 17.0 Å². The van der Waals surface area contributed by atoms with E-state index in [1.165, 1.54) is 19.2 Å². The predicted molar refractivity (Wildman–Crippen MR) is 103 cm³/mol. The van der Waals surface area contributed by atoms with Crippen LogP contribution in [0.15, 0.2) is 30.6 Å². The number of aromatic nitrogens is 4. The lowest BCUT2D eigenvalue weighted by Gasteiger charge is -2.33. The fourth-order valence-corrected chi connectivity index (χ4v) is 3.86. The third-order valence-corrected chi connectivity index (χ3v) is 5.44. The van der Waals surface area contributed by atoms with Crippen LogP contribution < -0.4 is 5.73 Å². The molecule has 1 saturated carbocycles. The largest absolute Gasteiger partial charge is 0.398 e. The third kappa shape index (κ3) is 2.99. The number of aryl methyl sites for hydroxylation is 1. The fraction of sp³-hybridized carbons (Fsp3) is 0.400. The molecule has 0 bridgehead atoms. The van der Waals surface area contributed by atoms with E-state index in [1.54, 1.807) is 4.52 Å². The standard InChI is InChI=1S/C20H22N6O2/c1-12-8-17(26-20(24-12)22-11-23-26)18-10-25(6-7-28-18)19(27)14-4-5-15(13-2-3-13)16(21)9-14/h4-5,8-9,11,13,18H,2-3,6-7,10,21H2,1H3/t18-/m0/s1. The van der Waals surface area contributed by atoms with Gasteiger partial charge >= 0.3 is 0 Å². The minimum atomic E-state index is -0.285. The molecule has 2 aliphatic rings. The lowest BCUT2D eigenvalue weighted by Crippen LogP contribution is -2.42. The van der Waals surface area contributed by atoms with Gasteiger partial charge in [0.15, 0.2) is 0 Å². The van der Waals surface area contributed by atoms with E-state index >= 15 is 0 Å². The van der Waals surface area contributed by atoms with Gasteiger partial charge in [-0.3, -0.25) is 4.79 Å². The normalized spacial score (nSPS) is 19.9. The average Bonchev–Trinajstić information content (AvgIpc) is 3.44. The van der Waals surface area contributed by atoms with Crippen LogP contribution in [-0.4, -0.2) is 50.1 Å². The van der Waals surface area contributed by atoms with Crippen molar-refractivity contribution in [3.8, 4) is 0 Å². The zero-order valence-corrected chi connectivity index (χ0v) is 15.7. The van der Waals surface area contributed by atoms with Crippen molar-refractivity contribution in [1.29, 1.82) is 0 Å². The lowest BCUT2D eigenvalue weighted by molar-refractivity contribution is -0.0257. The highest BCUT2D eigenvalue weighted by Gasteiger charge is 2.30. The maximum Gasteiger partial charge on any atom is 0.254 e. The summed E-state index contributed by atoms with van der Waals surface area (Å²) in [6, 6.07) is 7.64. The first-order valence-electron chi connectivity index (χ1n) is 9.58. The molecule has 0 radical (unpaired) electrons. The number of carbonyl (C=O) groups excluding carboxylic acids is 1. The summed E-state index contributed by atoms with van der Waals surface area (Å²) in [7, 11) is 0. The molecule has 3 aromatic rings. The van der Waals surface area contributed by atoms with Crippen LogP contribution in [0.25, 0.3) is 5.78 Å². The molecule has 0 spiro atoms. The second-order valence-electron chi connectivity index (χ2n) is 7.52. The number of morpholine rings is 1. The summed E-state index contributed by atoms with van der Waals surface area (Å²) < 4.78 is 7.64. The average molecular weight is 378 g/mol. The SMILES string of the molecule is Cc1cc([C@@H]2CN(C(=O)c3ccc(C4CC4)c(N)c3)CCO2)n2ncnc2n1. The summed E-state index contributed by atoms with van der Waals surface area (Å²) in [5.74, 6) is 1.07. The molecular formula is C20H22N6O2. The van der Waals surface area contributed by atoms with Crippen LogP contribution in [-0.2, 0) is 4.74 Å². The maximum absolute atomic E-state index is 13.1. The molecule has 1 aromatic carbocycles. The van der Waals surface area contributed by atoms with E-state index in [1.807, 2.05) is 36.1 Å². The number of rotatable bonds is 3. The molecule has 28 heavy (non-hydrogen) atoms. The maximum atomic E-state index is 13.1. The smallest absolute Gasteiger partial charge is 0.254 e. The molecule has 8 heteroatoms. The van der Waals surface area contributed by atoms with Crippen LogP contribution in [0.3, 0.4) is 0 Å². The number of hydrogen-bond donors (Lipinski definition) is 1. The van der Waals surface area contributed by atoms with Gasteiger partial charge in [0.25, 0.3) is 11.7 Å². The number of nitrogens with two attached hydrogens (primary N) is 1. The molecule has 0 unspecified atom stereocenters. The van der Waals surface area contributed by atoms with Crippen LogP contribution in [0.4, 0.5) is 5.69 Å². The van der Waals surface area contributed by atoms with Gasteiger partial charge < -0.3 is 15.4 Å². The zero-order valence-electron chi connectivity index (χ0n) is 15.7. The van der Waals surface area contributed by atoms with E-state index in [0.29, 0.717) is 42.6 Å². The summed E-state index contributed by atoms with van der Waals surface area (Å²) in [5.41, 5.74) is 10.4. The van der Waals surface area contributed by atoms with Crippen LogP contribution in [0, 0.1) is 6.92 Å². The van der Waals surface area contributed by atoms with Gasteiger partial charge in [0.05, 0.1) is 18.8 Å². The number of anilines is 1. The van der Waals surface area contributed by atoms with Crippen LogP contribution in [0.2, 0.25) is 0 Å². The Kier molecular flexibility index (Phi) is 4.01. The predicted octanol–water partition coefficient (Wildman–Crippen LogP) is 2.11. The Balaban J connectivity index is 1.40. The summed E-state index contributed by atoms with van der Waals surface area (Å²) in [4.78, 5) is 23.4. The van der Waals surface area contributed by atoms with Crippen molar-refractivity contribution in [2.24, 2.45) is 0 Å². The Morgan fingerprint density at radius 3 is 2.93 bits per heavy atom. The molecule has 144 valence electrons. The van der Waals surface area contributed by atoms with Crippen LogP contribution >= 0.6 is 0 Å². The van der Waals surface area contributed by atoms with Crippen LogP contribution in [0.1, 0.15) is 52.2 Å². The first-order valence-corrected chi connectivity index (χ1v) is 9.58. The first kappa shape index (κ1) is 17.1. The summed E-state index contributed by atoms with van der Waals surface area (Å²) in [6.07, 6.45) is 3.56. The second kappa shape index (κ2) is 6.56. The Bertz CT molecular complexity index is 1060. The Morgan fingerprint density at radius 2 is 2.14 bits per heavy atom. The first-order chi connectivity index (χ1) is 13.6. The van der Waals surface area contributed by atoms with Crippen molar-refractivity contribution in [1.82, 2.24) is 24.5 Å². The van der Waals surface area contributed by atoms with E-state index in [2.05, 4.69) is 15.1 Å². The number of nitrogens with zero attached hydrogens (tertiary/aromatic N) is 5. The van der Waals surface area contributed by atoms with Gasteiger partial charge in [-0.15, -0.1) is 0 Å². The van der Waals surface area contributed by atoms with Gasteiger partial charge in [0.1, 0.15) is 12.4 Å². The Hall–Kier alpha value is -3.00. The van der Waals surface area contributed by atoms with E-state index in [4.69, 9.17) is 10.5 Å². The number of hydrogen-bond acceptors (Lipinski definition) is 6. The van der Waals surface area contributed by atoms with Gasteiger partial charge in [-0.2, -0.15) is 14.6 Å². The van der Waals surface area contributed by atoms with Crippen molar-refractivity contribution in [3.63, 3.8) is 0 Å². The number of ether oxygens (including phenoxy) is 1. The Morgan fingerprint density at radius 1 is 1.29 bits per heavy atom. The van der Waals surface area contributed by atoms with Crippen molar-refractivity contribution in [3.05, 3.63) is 53.1 Å². The third-order valence-electron chi connectivity index (χ3n) is 5.44. The van der Waals surface area contributed by atoms with E-state index in [9.17, 15) is 4.79 Å². The molecular weight excluding hydrogens is 356 g/mol. The van der Waals surface area contributed by atoms with Gasteiger partial charge in [-0.05, 0) is 49.4 Å². The number of benzene rings is 1. The molecule has 1 saturated heterocycles. The van der Waals surface area contributed by atoms with Crippen molar-refractivity contribution in [2.45, 2.75) is 31.8 Å². The second-order valence-corrected chi connectivity index (χ2v) is 7.52. The number of carbonyl (C=O) groups is 1. The van der Waals surface area contributed by atoms with Crippen molar-refractivity contribution in [2.75, 3.05) is 25.4 Å². The van der Waals surface area contributed by atoms with Gasteiger partial charge in [-0.25, -0.2) is 4.98 Å². The molecule has 2 fully saturated rings. The number of fused-ring (bicyclic) bond motifs is 1. The molecule has 1 amide bonds. The Labute approximate surface area is 162 Å². The van der Waals surface area contributed by atoms with Crippen LogP contribution in [0.5, 0.6) is 0 Å². The zero-order chi connectivity index (χ0) is 19.3. The molecule has 5 rings (SSSR count). The summed E-state index contributed by atoms with van der Waals surface area (Å²) >= 11 is 0. The van der Waals surface area contributed by atoms with Gasteiger partial charge in [0, 0.05) is 23.5 Å². The molecule has 3 heterocycles. The summed E-state index contributed by atoms with van der Waals surface area (Å²) in [6.45, 7) is 3.36. The lowest BCUT2D eigenvalue weighted by atomic mass is 10.0. The topological polar surface area (TPSA) is 98.6 Å². The van der Waals surface area contributed by atoms with Gasteiger partial charge in [0.2, 0.25) is 0 Å². The van der Waals surface area contributed by atoms with E-state index < -0.39 is 0 Å². The molecule has 2 aromatic heterocycles. The monoisotopic (exact) mass is 378 g/mol. The molecule has 2 N–H and O–H groups in total. The molecule has 1 aliphatic heterocycles. The fourth-order valence-electron chi connectivity index (χ4n) is 3.86. The quantitative estimate of drug-likeness (QED) is 0.701.